The van der Waals surface area contributed by atoms with Gasteiger partial charge in [0, 0.05) is 76.0 Å². The molecular formula is C36H64N4O16. The zero-order chi connectivity index (χ0) is 43.2. The Labute approximate surface area is 328 Å². The molecule has 0 saturated carbocycles. The van der Waals surface area contributed by atoms with Crippen LogP contribution in [0.25, 0.3) is 0 Å². The van der Waals surface area contributed by atoms with Gasteiger partial charge < -0.3 is 50.0 Å². The van der Waals surface area contributed by atoms with Crippen molar-refractivity contribution < 1.29 is 77.7 Å². The van der Waals surface area contributed by atoms with Crippen LogP contribution in [0, 0.1) is 10.8 Å². The van der Waals surface area contributed by atoms with Crippen LogP contribution >= 0.6 is 0 Å². The number of morpholine rings is 2. The van der Waals surface area contributed by atoms with E-state index in [9.17, 15) is 19.2 Å². The summed E-state index contributed by atoms with van der Waals surface area (Å²) in [6.07, 6.45) is 3.64. The third-order valence-electron chi connectivity index (χ3n) is 7.39. The molecule has 0 aromatic carbocycles. The van der Waals surface area contributed by atoms with Gasteiger partial charge in [0.2, 0.25) is 11.8 Å². The summed E-state index contributed by atoms with van der Waals surface area (Å²) in [5, 5.41) is 35.2. The summed E-state index contributed by atoms with van der Waals surface area (Å²) in [7, 11) is 0. The average molecular weight is 809 g/mol. The van der Waals surface area contributed by atoms with Crippen molar-refractivity contribution in [3.63, 3.8) is 0 Å². The summed E-state index contributed by atoms with van der Waals surface area (Å²) in [4.78, 5) is 87.4. The van der Waals surface area contributed by atoms with Gasteiger partial charge in [0.1, 0.15) is 0 Å². The maximum absolute atomic E-state index is 11.6. The fourth-order valence-corrected chi connectivity index (χ4v) is 4.14. The van der Waals surface area contributed by atoms with Crippen molar-refractivity contribution >= 4 is 47.6 Å². The number of carboxylic acid groups (broad SMARTS) is 4. The Kier molecular flexibility index (Phi) is 29.5. The number of nitrogens with zero attached hydrogens (tertiary/aromatic N) is 2. The van der Waals surface area contributed by atoms with Gasteiger partial charge in [-0.15, -0.1) is 0 Å². The molecule has 0 spiro atoms. The van der Waals surface area contributed by atoms with Gasteiger partial charge >= 0.3 is 35.8 Å². The van der Waals surface area contributed by atoms with E-state index in [0.717, 1.165) is 78.5 Å². The molecule has 2 amide bonds. The minimum Gasteiger partial charge on any atom is -0.473 e. The monoisotopic (exact) mass is 808 g/mol. The number of carbonyl (C=O) groups excluding carboxylic acids is 4. The summed E-state index contributed by atoms with van der Waals surface area (Å²) >= 11 is 0. The molecule has 2 aliphatic heterocycles. The van der Waals surface area contributed by atoms with Crippen molar-refractivity contribution in [2.75, 3.05) is 92.0 Å². The molecule has 56 heavy (non-hydrogen) atoms. The predicted molar refractivity (Wildman–Crippen MR) is 200 cm³/mol. The van der Waals surface area contributed by atoms with E-state index in [4.69, 9.17) is 58.6 Å². The molecule has 0 aromatic heterocycles. The van der Waals surface area contributed by atoms with Gasteiger partial charge in [-0.2, -0.15) is 0 Å². The molecule has 2 rings (SSSR count). The zero-order valence-corrected chi connectivity index (χ0v) is 33.7. The standard InChI is InChI=1S/2C16H30N2O4.2C2H2O4/c2*1-16(2,3)15(20)17-7-4-6-14(19)22-11-5-8-18-9-12-21-13-10-18;2*3-1(4)2(5)6/h2*4-13H2,1-3H3,(H,17,20);2*(H,3,4)(H,5,6). The lowest BCUT2D eigenvalue weighted by atomic mass is 9.96. The Morgan fingerprint density at radius 1 is 0.518 bits per heavy atom. The number of nitrogens with one attached hydrogen (secondary N) is 2. The largest absolute Gasteiger partial charge is 0.473 e. The van der Waals surface area contributed by atoms with Crippen LogP contribution in [0.4, 0.5) is 0 Å². The molecule has 20 heteroatoms. The second-order valence-electron chi connectivity index (χ2n) is 14.5. The van der Waals surface area contributed by atoms with Crippen molar-refractivity contribution in [1.82, 2.24) is 20.4 Å². The molecule has 0 atom stereocenters. The van der Waals surface area contributed by atoms with Crippen molar-refractivity contribution in [1.29, 1.82) is 0 Å². The highest BCUT2D eigenvalue weighted by Crippen LogP contribution is 2.13. The van der Waals surface area contributed by atoms with E-state index < -0.39 is 23.9 Å². The number of amides is 2. The first-order chi connectivity index (χ1) is 26.1. The summed E-state index contributed by atoms with van der Waals surface area (Å²) in [5.74, 6) is -7.66. The van der Waals surface area contributed by atoms with Crippen molar-refractivity contribution in [2.45, 2.75) is 80.1 Å². The van der Waals surface area contributed by atoms with E-state index >= 15 is 0 Å². The molecule has 0 radical (unpaired) electrons. The topological polar surface area (TPSA) is 285 Å². The third-order valence-corrected chi connectivity index (χ3v) is 7.39. The normalized spacial score (nSPS) is 14.4. The second kappa shape index (κ2) is 30.8. The van der Waals surface area contributed by atoms with Crippen LogP contribution in [0.1, 0.15) is 80.1 Å². The van der Waals surface area contributed by atoms with E-state index in [-0.39, 0.29) is 34.6 Å². The van der Waals surface area contributed by atoms with Gasteiger partial charge in [-0.05, 0) is 25.7 Å². The maximum atomic E-state index is 11.6. The zero-order valence-electron chi connectivity index (χ0n) is 33.7. The van der Waals surface area contributed by atoms with Crippen LogP contribution < -0.4 is 10.6 Å². The van der Waals surface area contributed by atoms with Crippen LogP contribution in [-0.4, -0.2) is 170 Å². The lowest BCUT2D eigenvalue weighted by Gasteiger charge is -2.26. The molecule has 0 aliphatic carbocycles. The van der Waals surface area contributed by atoms with Crippen molar-refractivity contribution in [3.8, 4) is 0 Å². The highest BCUT2D eigenvalue weighted by Gasteiger charge is 2.21. The van der Waals surface area contributed by atoms with Crippen molar-refractivity contribution in [2.24, 2.45) is 10.8 Å². The first-order valence-corrected chi connectivity index (χ1v) is 18.5. The minimum atomic E-state index is -1.82. The molecule has 2 heterocycles. The van der Waals surface area contributed by atoms with Crippen LogP contribution in [0.3, 0.4) is 0 Å². The Balaban J connectivity index is 0. The van der Waals surface area contributed by atoms with E-state index in [0.29, 0.717) is 52.0 Å². The predicted octanol–water partition coefficient (Wildman–Crippen LogP) is 0.700. The SMILES string of the molecule is CC(C)(C)C(=O)NCCCC(=O)OCCCN1CCOCC1.CC(C)(C)C(=O)NCCCC(=O)OCCCN1CCOCC1.O=C(O)C(=O)O.O=C(O)C(=O)O. The lowest BCUT2D eigenvalue weighted by molar-refractivity contribution is -0.159. The maximum Gasteiger partial charge on any atom is 0.414 e. The summed E-state index contributed by atoms with van der Waals surface area (Å²) in [6.45, 7) is 22.0. The van der Waals surface area contributed by atoms with E-state index in [1.54, 1.807) is 0 Å². The van der Waals surface area contributed by atoms with E-state index in [2.05, 4.69) is 20.4 Å². The van der Waals surface area contributed by atoms with Crippen LogP contribution in [0.15, 0.2) is 0 Å². The van der Waals surface area contributed by atoms with Gasteiger partial charge in [0.15, 0.2) is 0 Å². The molecule has 0 unspecified atom stereocenters. The number of ether oxygens (including phenoxy) is 4. The van der Waals surface area contributed by atoms with Crippen molar-refractivity contribution in [3.05, 3.63) is 0 Å². The highest BCUT2D eigenvalue weighted by molar-refractivity contribution is 6.27. The van der Waals surface area contributed by atoms with Crippen LogP contribution in [-0.2, 0) is 57.3 Å². The van der Waals surface area contributed by atoms with Crippen LogP contribution in [0.5, 0.6) is 0 Å². The number of carboxylic acids is 4. The van der Waals surface area contributed by atoms with E-state index in [1.165, 1.54) is 0 Å². The fraction of sp³-hybridized carbons (Fsp3) is 0.778. The number of aliphatic carboxylic acids is 4. The van der Waals surface area contributed by atoms with E-state index in [1.807, 2.05) is 41.5 Å². The van der Waals surface area contributed by atoms with Gasteiger partial charge in [-0.1, -0.05) is 41.5 Å². The Morgan fingerprint density at radius 3 is 1.05 bits per heavy atom. The summed E-state index contributed by atoms with van der Waals surface area (Å²) in [6, 6.07) is 0. The highest BCUT2D eigenvalue weighted by atomic mass is 16.5. The third kappa shape index (κ3) is 33.0. The van der Waals surface area contributed by atoms with Gasteiger partial charge in [-0.25, -0.2) is 19.2 Å². The molecule has 0 bridgehead atoms. The quantitative estimate of drug-likeness (QED) is 0.0711. The molecule has 2 aliphatic rings. The number of rotatable bonds is 16. The molecular weight excluding hydrogens is 744 g/mol. The number of esters is 2. The molecule has 20 nitrogen and oxygen atoms in total. The molecule has 0 aromatic rings. The first kappa shape index (κ1) is 53.7. The molecule has 324 valence electrons. The molecule has 2 fully saturated rings. The van der Waals surface area contributed by atoms with Gasteiger partial charge in [0.25, 0.3) is 0 Å². The minimum absolute atomic E-state index is 0.00591. The fourth-order valence-electron chi connectivity index (χ4n) is 4.14. The summed E-state index contributed by atoms with van der Waals surface area (Å²) < 4.78 is 21.0. The first-order valence-electron chi connectivity index (χ1n) is 18.5. The second-order valence-corrected chi connectivity index (χ2v) is 14.5. The smallest absolute Gasteiger partial charge is 0.414 e. The Hall–Kier alpha value is -4.40. The van der Waals surface area contributed by atoms with Gasteiger partial charge in [0.05, 0.1) is 39.6 Å². The summed E-state index contributed by atoms with van der Waals surface area (Å²) in [5.41, 5.74) is -0.778. The lowest BCUT2D eigenvalue weighted by Crippen LogP contribution is -2.37. The molecule has 2 saturated heterocycles. The Bertz CT molecular complexity index is 1090. The van der Waals surface area contributed by atoms with Gasteiger partial charge in [-0.3, -0.25) is 29.0 Å². The number of hydrogen-bond acceptors (Lipinski definition) is 14. The number of hydrogen-bond donors (Lipinski definition) is 6. The number of carbonyl (C=O) groups is 8. The molecule has 6 N–H and O–H groups in total. The Morgan fingerprint density at radius 2 is 0.804 bits per heavy atom. The van der Waals surface area contributed by atoms with Crippen LogP contribution in [0.2, 0.25) is 0 Å². The average Bonchev–Trinajstić information content (AvgIpc) is 3.13.